The summed E-state index contributed by atoms with van der Waals surface area (Å²) < 4.78 is 47.8. The summed E-state index contributed by atoms with van der Waals surface area (Å²) in [6.07, 6.45) is -26.2. The van der Waals surface area contributed by atoms with E-state index in [0.717, 1.165) is 19.3 Å². The van der Waals surface area contributed by atoms with E-state index in [1.807, 2.05) is 0 Å². The standard InChI is InChI=1S/C54H92O23/c1-22(24-16-17-52(7)30-13-11-25-26(54(30,9)31(58)18-53(24,52)8)12-15-32(50(25,3)4)74-47-42(67)38(63)35(60)27(19-55)71-47)10-14-33(51(5,6)69)75-49-45(39(64)36(61)28(20-56)72-49)77-48-43(68)40(65)44(29(21-57)73-48)76-46-41(66)37(62)34(59)23(2)70-46/h11,22-24,26-49,55-69H,10,12-21H2,1-9H3/t22-,23+,24?,26?,27-,28-,29+,30?,31-,32+,33-,34+,35-,36-,37-,38+,39+,40+,41+,42-,43+,44+,45-,46-,47+,48-,49+,52+,53-,54+/m1/s1. The zero-order valence-corrected chi connectivity index (χ0v) is 45.9. The minimum Gasteiger partial charge on any atom is -0.394 e. The number of fused-ring (bicyclic) bond motifs is 5. The molecule has 0 spiro atoms. The van der Waals surface area contributed by atoms with Gasteiger partial charge in [0.1, 0.15) is 91.6 Å². The van der Waals surface area contributed by atoms with Gasteiger partial charge < -0.3 is 114 Å². The molecule has 23 nitrogen and oxygen atoms in total. The Hall–Kier alpha value is -1.18. The van der Waals surface area contributed by atoms with Gasteiger partial charge in [0.25, 0.3) is 0 Å². The zero-order valence-electron chi connectivity index (χ0n) is 45.9. The topological polar surface area (TPSA) is 377 Å². The van der Waals surface area contributed by atoms with Crippen LogP contribution in [0.15, 0.2) is 11.6 Å². The lowest BCUT2D eigenvalue weighted by Crippen LogP contribution is -2.66. The first kappa shape index (κ1) is 61.9. The van der Waals surface area contributed by atoms with Gasteiger partial charge in [0.2, 0.25) is 0 Å². The second-order valence-corrected chi connectivity index (χ2v) is 25.8. The molecule has 0 aromatic carbocycles. The van der Waals surface area contributed by atoms with Crippen molar-refractivity contribution in [3.63, 3.8) is 0 Å². The number of aliphatic hydroxyl groups is 15. The van der Waals surface area contributed by atoms with Crippen molar-refractivity contribution in [2.24, 2.45) is 45.3 Å². The van der Waals surface area contributed by atoms with Crippen LogP contribution in [0.5, 0.6) is 0 Å². The Morgan fingerprint density at radius 2 is 1.12 bits per heavy atom. The molecular weight excluding hydrogens is 1020 g/mol. The van der Waals surface area contributed by atoms with Crippen molar-refractivity contribution in [3.8, 4) is 0 Å². The average molecular weight is 1110 g/mol. The maximum atomic E-state index is 12.7. The highest BCUT2D eigenvalue weighted by atomic mass is 16.8. The summed E-state index contributed by atoms with van der Waals surface area (Å²) in [5.41, 5.74) is -1.91. The van der Waals surface area contributed by atoms with E-state index in [1.54, 1.807) is 13.8 Å². The first-order valence-electron chi connectivity index (χ1n) is 27.9. The van der Waals surface area contributed by atoms with Gasteiger partial charge in [-0.05, 0) is 107 Å². The van der Waals surface area contributed by atoms with Gasteiger partial charge in [-0.1, -0.05) is 53.2 Å². The van der Waals surface area contributed by atoms with Gasteiger partial charge in [0.15, 0.2) is 25.2 Å². The monoisotopic (exact) mass is 1110 g/mol. The Morgan fingerprint density at radius 3 is 1.73 bits per heavy atom. The molecule has 30 atom stereocenters. The molecule has 7 fully saturated rings. The number of rotatable bonds is 16. The third kappa shape index (κ3) is 10.8. The molecule has 0 aromatic rings. The van der Waals surface area contributed by atoms with Crippen LogP contribution in [0.4, 0.5) is 0 Å². The fourth-order valence-electron chi connectivity index (χ4n) is 15.7. The number of aliphatic hydroxyl groups excluding tert-OH is 14. The van der Waals surface area contributed by atoms with Crippen LogP contribution in [-0.4, -0.2) is 243 Å². The minimum absolute atomic E-state index is 0.0242. The third-order valence-electron chi connectivity index (χ3n) is 20.8. The van der Waals surface area contributed by atoms with Crippen LogP contribution < -0.4 is 0 Å². The summed E-state index contributed by atoms with van der Waals surface area (Å²) in [4.78, 5) is 0. The molecule has 3 saturated carbocycles. The zero-order chi connectivity index (χ0) is 56.8. The third-order valence-corrected chi connectivity index (χ3v) is 20.8. The van der Waals surface area contributed by atoms with Crippen molar-refractivity contribution in [3.05, 3.63) is 11.6 Å². The number of ether oxygens (including phenoxy) is 8. The molecule has 446 valence electrons. The fraction of sp³-hybridized carbons (Fsp3) is 0.963. The number of allylic oxidation sites excluding steroid dienone is 1. The second kappa shape index (κ2) is 23.1. The van der Waals surface area contributed by atoms with E-state index in [-0.39, 0.29) is 40.9 Å². The van der Waals surface area contributed by atoms with Gasteiger partial charge in [-0.15, -0.1) is 0 Å². The molecule has 4 aliphatic heterocycles. The summed E-state index contributed by atoms with van der Waals surface area (Å²) in [6.45, 7) is 15.6. The van der Waals surface area contributed by atoms with Crippen LogP contribution in [0.25, 0.3) is 0 Å². The van der Waals surface area contributed by atoms with Crippen molar-refractivity contribution in [2.75, 3.05) is 19.8 Å². The average Bonchev–Trinajstić information content (AvgIpc) is 3.91. The summed E-state index contributed by atoms with van der Waals surface area (Å²) in [5, 5.41) is 163. The maximum absolute atomic E-state index is 12.7. The Bertz CT molecular complexity index is 2010. The number of hydrogen-bond acceptors (Lipinski definition) is 23. The predicted octanol–water partition coefficient (Wildman–Crippen LogP) is -2.20. The molecule has 0 amide bonds. The molecule has 4 saturated heterocycles. The second-order valence-electron chi connectivity index (χ2n) is 25.8. The van der Waals surface area contributed by atoms with Crippen molar-refractivity contribution in [1.29, 1.82) is 0 Å². The van der Waals surface area contributed by atoms with Crippen LogP contribution >= 0.6 is 0 Å². The quantitative estimate of drug-likeness (QED) is 0.0729. The van der Waals surface area contributed by atoms with E-state index < -0.39 is 177 Å². The Balaban J connectivity index is 0.951. The molecule has 23 heteroatoms. The molecular formula is C54H92O23. The lowest BCUT2D eigenvalue weighted by molar-refractivity contribution is -0.388. The lowest BCUT2D eigenvalue weighted by Gasteiger charge is -2.67. The SMILES string of the molecule is C[C@H](CC[C@@H](O[C@@H]1O[C@H](CO)[C@@H](O)[C@H](O)[C@H]1O[C@H]1O[C@@H](CO)[C@H](O[C@H]2O[C@@H](C)[C@H](O)[C@@H](O)[C@@H]2O)[C@@H](O)[C@@H]1O)C(C)(C)O)C1CC[C@@]2(C)C3CC=C4C(CC[C@H](O[C@@H]5O[C@H](CO)[C@@H](O)[C@H](O)[C@H]5O)C4(C)C)[C@]3(C)[C@H](O)C[C@]12C. The van der Waals surface area contributed by atoms with E-state index in [4.69, 9.17) is 37.9 Å². The van der Waals surface area contributed by atoms with Crippen LogP contribution in [0.3, 0.4) is 0 Å². The van der Waals surface area contributed by atoms with Crippen molar-refractivity contribution < 1.29 is 114 Å². The van der Waals surface area contributed by atoms with Gasteiger partial charge in [-0.2, -0.15) is 0 Å². The smallest absolute Gasteiger partial charge is 0.187 e. The van der Waals surface area contributed by atoms with Gasteiger partial charge in [0.05, 0.1) is 49.8 Å². The van der Waals surface area contributed by atoms with Crippen LogP contribution in [0.2, 0.25) is 0 Å². The summed E-state index contributed by atoms with van der Waals surface area (Å²) in [6, 6.07) is 0. The summed E-state index contributed by atoms with van der Waals surface area (Å²) in [5.74, 6) is 0.332. The molecule has 8 rings (SSSR count). The lowest BCUT2D eigenvalue weighted by atomic mass is 9.38. The molecule has 4 aliphatic carbocycles. The molecule has 3 unspecified atom stereocenters. The van der Waals surface area contributed by atoms with Crippen LogP contribution in [-0.2, 0) is 37.9 Å². The van der Waals surface area contributed by atoms with Crippen molar-refractivity contribution >= 4 is 0 Å². The highest BCUT2D eigenvalue weighted by Crippen LogP contribution is 2.75. The Morgan fingerprint density at radius 1 is 0.597 bits per heavy atom. The van der Waals surface area contributed by atoms with Crippen molar-refractivity contribution in [1.82, 2.24) is 0 Å². The van der Waals surface area contributed by atoms with Crippen LogP contribution in [0.1, 0.15) is 114 Å². The normalized spacial score (nSPS) is 51.9. The maximum Gasteiger partial charge on any atom is 0.187 e. The highest BCUT2D eigenvalue weighted by Gasteiger charge is 2.70. The molecule has 15 N–H and O–H groups in total. The van der Waals surface area contributed by atoms with Gasteiger partial charge >= 0.3 is 0 Å². The first-order valence-corrected chi connectivity index (χ1v) is 27.9. The first-order chi connectivity index (χ1) is 35.9. The van der Waals surface area contributed by atoms with E-state index in [1.165, 1.54) is 12.5 Å². The highest BCUT2D eigenvalue weighted by molar-refractivity contribution is 5.32. The molecule has 0 radical (unpaired) electrons. The molecule has 77 heavy (non-hydrogen) atoms. The summed E-state index contributed by atoms with van der Waals surface area (Å²) in [7, 11) is 0. The largest absolute Gasteiger partial charge is 0.394 e. The van der Waals surface area contributed by atoms with Gasteiger partial charge in [0, 0.05) is 10.8 Å². The van der Waals surface area contributed by atoms with E-state index in [9.17, 15) is 76.6 Å². The molecule has 8 aliphatic rings. The molecule has 0 aromatic heterocycles. The predicted molar refractivity (Wildman–Crippen MR) is 266 cm³/mol. The van der Waals surface area contributed by atoms with E-state index >= 15 is 0 Å². The molecule has 4 heterocycles. The number of hydrogen-bond donors (Lipinski definition) is 15. The van der Waals surface area contributed by atoms with Gasteiger partial charge in [-0.25, -0.2) is 0 Å². The van der Waals surface area contributed by atoms with E-state index in [0.29, 0.717) is 25.7 Å². The van der Waals surface area contributed by atoms with Gasteiger partial charge in [-0.3, -0.25) is 0 Å². The Kier molecular flexibility index (Phi) is 18.6. The molecule has 0 bridgehead atoms. The Labute approximate surface area is 450 Å². The van der Waals surface area contributed by atoms with Crippen molar-refractivity contribution in [2.45, 2.75) is 260 Å². The van der Waals surface area contributed by atoms with E-state index in [2.05, 4.69) is 47.6 Å². The fourth-order valence-corrected chi connectivity index (χ4v) is 15.7. The summed E-state index contributed by atoms with van der Waals surface area (Å²) >= 11 is 0. The van der Waals surface area contributed by atoms with Crippen LogP contribution in [0, 0.1) is 45.3 Å². The minimum atomic E-state index is -1.97.